The molecular formula is C9H11ClN2S. The molecule has 0 atom stereocenters. The third kappa shape index (κ3) is 4.76. The fraction of sp³-hybridized carbons (Fsp3) is 0.333. The summed E-state index contributed by atoms with van der Waals surface area (Å²) in [5.41, 5.74) is 1.40. The summed E-state index contributed by atoms with van der Waals surface area (Å²) in [6.45, 7) is 5.83. The smallest absolute Gasteiger partial charge is 0.223 e. The molecule has 1 heterocycles. The van der Waals surface area contributed by atoms with Gasteiger partial charge in [-0.3, -0.25) is 0 Å². The first kappa shape index (κ1) is 12.3. The van der Waals surface area contributed by atoms with Gasteiger partial charge in [-0.15, -0.1) is 0 Å². The lowest BCUT2D eigenvalue weighted by atomic mass is 10.3. The van der Waals surface area contributed by atoms with Crippen LogP contribution >= 0.6 is 24.2 Å². The van der Waals surface area contributed by atoms with Crippen LogP contribution in [0.4, 0.5) is 0 Å². The Morgan fingerprint density at radius 2 is 2.00 bits per heavy atom. The average molecular weight is 215 g/mol. The Bertz CT molecular complexity index is 308. The van der Waals surface area contributed by atoms with E-state index in [1.807, 2.05) is 20.8 Å². The first-order chi connectivity index (χ1) is 6.22. The topological polar surface area (TPSA) is 25.8 Å². The van der Waals surface area contributed by atoms with Crippen LogP contribution in [0.2, 0.25) is 5.28 Å². The molecule has 0 saturated heterocycles. The summed E-state index contributed by atoms with van der Waals surface area (Å²) in [5.74, 6) is 2.67. The van der Waals surface area contributed by atoms with E-state index >= 15 is 0 Å². The summed E-state index contributed by atoms with van der Waals surface area (Å²) >= 11 is 9.31. The van der Waals surface area contributed by atoms with E-state index in [1.54, 1.807) is 6.07 Å². The monoisotopic (exact) mass is 214 g/mol. The molecule has 1 aromatic heterocycles. The largest absolute Gasteiger partial charge is 0.223 e. The Morgan fingerprint density at radius 1 is 1.38 bits per heavy atom. The van der Waals surface area contributed by atoms with Gasteiger partial charge in [0.15, 0.2) is 0 Å². The summed E-state index contributed by atoms with van der Waals surface area (Å²) in [4.78, 5) is 7.73. The van der Waals surface area contributed by atoms with Gasteiger partial charge in [-0.25, -0.2) is 9.97 Å². The van der Waals surface area contributed by atoms with Crippen LogP contribution in [-0.2, 0) is 0 Å². The summed E-state index contributed by atoms with van der Waals surface area (Å²) < 4.78 is 0. The van der Waals surface area contributed by atoms with Gasteiger partial charge < -0.3 is 0 Å². The summed E-state index contributed by atoms with van der Waals surface area (Å²) in [6, 6.07) is 1.75. The molecule has 0 aromatic carbocycles. The van der Waals surface area contributed by atoms with E-state index in [2.05, 4.69) is 33.8 Å². The second-order valence-corrected chi connectivity index (χ2v) is 2.46. The average Bonchev–Trinajstić information content (AvgIpc) is 2.06. The Hall–Kier alpha value is -0.720. The molecule has 0 spiro atoms. The predicted molar refractivity (Wildman–Crippen MR) is 59.0 cm³/mol. The van der Waals surface area contributed by atoms with Gasteiger partial charge in [-0.1, -0.05) is 26.5 Å². The number of thiol groups is 1. The normalized spacial score (nSPS) is 7.77. The standard InChI is InChI=1S/C7H5ClN2S.C2H6/c1-5-4-6(2-3-11)10-7(8)9-5;1-2/h4,11H,1H3;1-2H3. The third-order valence-electron chi connectivity index (χ3n) is 1.01. The zero-order valence-corrected chi connectivity index (χ0v) is 9.45. The van der Waals surface area contributed by atoms with E-state index in [-0.39, 0.29) is 5.28 Å². The van der Waals surface area contributed by atoms with Crippen LogP contribution in [0, 0.1) is 18.1 Å². The van der Waals surface area contributed by atoms with Crippen LogP contribution < -0.4 is 0 Å². The van der Waals surface area contributed by atoms with Gasteiger partial charge in [-0.05, 0) is 35.8 Å². The minimum Gasteiger partial charge on any atom is -0.223 e. The van der Waals surface area contributed by atoms with Crippen molar-refractivity contribution in [1.29, 1.82) is 0 Å². The second-order valence-electron chi connectivity index (χ2n) is 1.90. The SMILES string of the molecule is CC.Cc1cc(C#CS)nc(Cl)n1. The highest BCUT2D eigenvalue weighted by atomic mass is 35.5. The quantitative estimate of drug-likeness (QED) is 0.408. The molecule has 4 heteroatoms. The lowest BCUT2D eigenvalue weighted by molar-refractivity contribution is 1.09. The Balaban J connectivity index is 0.000000671. The van der Waals surface area contributed by atoms with Gasteiger partial charge in [0.1, 0.15) is 5.69 Å². The minimum absolute atomic E-state index is 0.219. The van der Waals surface area contributed by atoms with E-state index in [4.69, 9.17) is 11.6 Å². The molecule has 0 aliphatic carbocycles. The van der Waals surface area contributed by atoms with Gasteiger partial charge in [0.25, 0.3) is 0 Å². The Labute approximate surface area is 89.2 Å². The highest BCUT2D eigenvalue weighted by molar-refractivity contribution is 7.85. The van der Waals surface area contributed by atoms with Gasteiger partial charge >= 0.3 is 0 Å². The highest BCUT2D eigenvalue weighted by Crippen LogP contribution is 2.03. The van der Waals surface area contributed by atoms with E-state index in [0.717, 1.165) is 5.69 Å². The summed E-state index contributed by atoms with van der Waals surface area (Å²) in [5, 5.41) is 2.65. The van der Waals surface area contributed by atoms with Crippen LogP contribution in [0.25, 0.3) is 0 Å². The number of nitrogens with zero attached hydrogens (tertiary/aromatic N) is 2. The van der Waals surface area contributed by atoms with Crippen molar-refractivity contribution < 1.29 is 0 Å². The molecule has 0 radical (unpaired) electrons. The predicted octanol–water partition coefficient (Wildman–Crippen LogP) is 2.70. The fourth-order valence-electron chi connectivity index (χ4n) is 0.654. The highest BCUT2D eigenvalue weighted by Gasteiger charge is 1.95. The lowest BCUT2D eigenvalue weighted by Crippen LogP contribution is -1.89. The maximum absolute atomic E-state index is 5.57. The molecule has 0 amide bonds. The van der Waals surface area contributed by atoms with Crippen molar-refractivity contribution in [2.24, 2.45) is 0 Å². The van der Waals surface area contributed by atoms with Crippen molar-refractivity contribution in [2.45, 2.75) is 20.8 Å². The maximum Gasteiger partial charge on any atom is 0.223 e. The molecule has 0 saturated carbocycles. The first-order valence-electron chi connectivity index (χ1n) is 3.88. The zero-order chi connectivity index (χ0) is 10.3. The molecule has 1 rings (SSSR count). The second kappa shape index (κ2) is 6.76. The summed E-state index contributed by atoms with van der Waals surface area (Å²) in [6.07, 6.45) is 0. The maximum atomic E-state index is 5.57. The molecule has 70 valence electrons. The van der Waals surface area contributed by atoms with Crippen LogP contribution in [0.3, 0.4) is 0 Å². The molecule has 0 N–H and O–H groups in total. The Morgan fingerprint density at radius 3 is 2.46 bits per heavy atom. The van der Waals surface area contributed by atoms with Gasteiger partial charge in [0, 0.05) is 5.69 Å². The Kier molecular flexibility index (Phi) is 6.38. The van der Waals surface area contributed by atoms with Crippen molar-refractivity contribution in [3.63, 3.8) is 0 Å². The van der Waals surface area contributed by atoms with Crippen LogP contribution in [0.5, 0.6) is 0 Å². The summed E-state index contributed by atoms with van der Waals surface area (Å²) in [7, 11) is 0. The minimum atomic E-state index is 0.219. The molecule has 13 heavy (non-hydrogen) atoms. The number of rotatable bonds is 0. The number of aryl methyl sites for hydroxylation is 1. The molecule has 0 fully saturated rings. The van der Waals surface area contributed by atoms with E-state index in [1.165, 1.54) is 0 Å². The molecule has 0 bridgehead atoms. The van der Waals surface area contributed by atoms with E-state index in [0.29, 0.717) is 5.69 Å². The number of hydrogen-bond acceptors (Lipinski definition) is 3. The van der Waals surface area contributed by atoms with Gasteiger partial charge in [-0.2, -0.15) is 0 Å². The number of halogens is 1. The molecular weight excluding hydrogens is 204 g/mol. The lowest BCUT2D eigenvalue weighted by Gasteiger charge is -1.93. The fourth-order valence-corrected chi connectivity index (χ4v) is 0.993. The first-order valence-corrected chi connectivity index (χ1v) is 4.71. The van der Waals surface area contributed by atoms with Crippen LogP contribution in [0.15, 0.2) is 6.07 Å². The van der Waals surface area contributed by atoms with Crippen molar-refractivity contribution in [2.75, 3.05) is 0 Å². The molecule has 0 unspecified atom stereocenters. The van der Waals surface area contributed by atoms with Crippen LogP contribution in [0.1, 0.15) is 25.2 Å². The van der Waals surface area contributed by atoms with E-state index in [9.17, 15) is 0 Å². The van der Waals surface area contributed by atoms with E-state index < -0.39 is 0 Å². The third-order valence-corrected chi connectivity index (χ3v) is 1.29. The van der Waals surface area contributed by atoms with Crippen LogP contribution in [-0.4, -0.2) is 9.97 Å². The number of hydrogen-bond donors (Lipinski definition) is 1. The molecule has 0 aliphatic rings. The van der Waals surface area contributed by atoms with Crippen molar-refractivity contribution in [3.05, 3.63) is 22.7 Å². The molecule has 1 aromatic rings. The van der Waals surface area contributed by atoms with Crippen molar-refractivity contribution in [1.82, 2.24) is 9.97 Å². The van der Waals surface area contributed by atoms with Crippen molar-refractivity contribution >= 4 is 24.2 Å². The molecule has 0 aliphatic heterocycles. The van der Waals surface area contributed by atoms with Gasteiger partial charge in [0.05, 0.1) is 0 Å². The number of aromatic nitrogens is 2. The zero-order valence-electron chi connectivity index (χ0n) is 7.80. The van der Waals surface area contributed by atoms with Gasteiger partial charge in [0.2, 0.25) is 5.28 Å². The molecule has 2 nitrogen and oxygen atoms in total. The van der Waals surface area contributed by atoms with Crippen molar-refractivity contribution in [3.8, 4) is 11.2 Å².